The second kappa shape index (κ2) is 9.35. The van der Waals surface area contributed by atoms with E-state index in [1.165, 1.54) is 29.1 Å². The molecule has 0 aliphatic rings. The van der Waals surface area contributed by atoms with Crippen LogP contribution in [0.1, 0.15) is 36.8 Å². The van der Waals surface area contributed by atoms with Gasteiger partial charge in [-0.15, -0.1) is 5.10 Å². The second-order valence-electron chi connectivity index (χ2n) is 8.02. The fraction of sp³-hybridized carbons (Fsp3) is 0.273. The normalized spacial score (nSPS) is 11.2. The van der Waals surface area contributed by atoms with Crippen LogP contribution in [0.25, 0.3) is 5.69 Å². The maximum Gasteiger partial charge on any atom is 0.314 e. The highest BCUT2D eigenvalue weighted by Crippen LogP contribution is 2.23. The Morgan fingerprint density at radius 1 is 1.19 bits per heavy atom. The van der Waals surface area contributed by atoms with Crippen LogP contribution in [0.15, 0.2) is 42.6 Å². The summed E-state index contributed by atoms with van der Waals surface area (Å²) in [5.74, 6) is -1.74. The van der Waals surface area contributed by atoms with Crippen molar-refractivity contribution in [3.63, 3.8) is 0 Å². The molecule has 2 aromatic carbocycles. The summed E-state index contributed by atoms with van der Waals surface area (Å²) in [7, 11) is 0. The number of halogens is 2. The number of ether oxygens (including phenoxy) is 2. The van der Waals surface area contributed by atoms with Crippen molar-refractivity contribution in [1.82, 2.24) is 15.0 Å². The molecule has 0 atom stereocenters. The van der Waals surface area contributed by atoms with Gasteiger partial charge in [0.1, 0.15) is 0 Å². The van der Waals surface area contributed by atoms with Gasteiger partial charge < -0.3 is 14.8 Å². The summed E-state index contributed by atoms with van der Waals surface area (Å²) in [6, 6.07) is 9.12. The molecular weight excluding hydrogens is 439 g/mol. The van der Waals surface area contributed by atoms with Crippen molar-refractivity contribution in [2.75, 3.05) is 12.1 Å². The number of hydrogen-bond donors (Lipinski definition) is 1. The molecule has 168 valence electrons. The minimum Gasteiger partial charge on any atom is -0.454 e. The number of rotatable bonds is 6. The molecule has 0 spiro atoms. The summed E-state index contributed by atoms with van der Waals surface area (Å²) in [6.07, 6.45) is 1.39. The zero-order chi connectivity index (χ0) is 23.5. The van der Waals surface area contributed by atoms with E-state index in [2.05, 4.69) is 15.6 Å². The molecule has 0 bridgehead atoms. The van der Waals surface area contributed by atoms with Gasteiger partial charge in [-0.2, -0.15) is 0 Å². The van der Waals surface area contributed by atoms with Crippen molar-refractivity contribution in [2.24, 2.45) is 5.41 Å². The molecule has 10 heteroatoms. The van der Waals surface area contributed by atoms with Gasteiger partial charge in [0.2, 0.25) is 6.79 Å². The molecule has 1 aromatic heterocycles. The maximum absolute atomic E-state index is 14.1. The van der Waals surface area contributed by atoms with Crippen molar-refractivity contribution in [2.45, 2.75) is 27.7 Å². The molecule has 3 aromatic rings. The van der Waals surface area contributed by atoms with E-state index in [1.807, 2.05) is 6.92 Å². The Labute approximate surface area is 189 Å². The Balaban J connectivity index is 1.71. The van der Waals surface area contributed by atoms with E-state index in [4.69, 9.17) is 21.1 Å². The monoisotopic (exact) mass is 460 g/mol. The quantitative estimate of drug-likeness (QED) is 0.428. The number of amides is 1. The zero-order valence-corrected chi connectivity index (χ0v) is 18.7. The first-order chi connectivity index (χ1) is 15.0. The number of anilines is 1. The van der Waals surface area contributed by atoms with Crippen LogP contribution in [-0.4, -0.2) is 33.7 Å². The van der Waals surface area contributed by atoms with Crippen molar-refractivity contribution in [3.8, 4) is 11.4 Å². The number of hydrogen-bond acceptors (Lipinski definition) is 6. The van der Waals surface area contributed by atoms with E-state index >= 15 is 0 Å². The van der Waals surface area contributed by atoms with Crippen LogP contribution in [0.5, 0.6) is 5.75 Å². The topological polar surface area (TPSA) is 95.3 Å². The highest BCUT2D eigenvalue weighted by atomic mass is 35.5. The number of nitrogens with one attached hydrogen (secondary N) is 1. The fourth-order valence-corrected chi connectivity index (χ4v) is 2.69. The van der Waals surface area contributed by atoms with E-state index in [9.17, 15) is 14.0 Å². The summed E-state index contributed by atoms with van der Waals surface area (Å²) in [4.78, 5) is 24.3. The van der Waals surface area contributed by atoms with Crippen molar-refractivity contribution in [1.29, 1.82) is 0 Å². The molecule has 0 unspecified atom stereocenters. The summed E-state index contributed by atoms with van der Waals surface area (Å²) in [5, 5.41) is 11.0. The van der Waals surface area contributed by atoms with Gasteiger partial charge in [0.15, 0.2) is 17.3 Å². The Kier molecular flexibility index (Phi) is 6.78. The standard InChI is InChI=1S/C22H22ClFN4O4/c1-13-5-6-14(23)9-17(13)25-20(29)18-11-28(27-26-18)15-7-8-16(24)19(10-15)31-12-32-21(30)22(2,3)4/h5-11H,12H2,1-4H3,(H,25,29). The number of carbonyl (C=O) groups is 2. The zero-order valence-electron chi connectivity index (χ0n) is 18.0. The van der Waals surface area contributed by atoms with Gasteiger partial charge in [-0.05, 0) is 57.5 Å². The minimum absolute atomic E-state index is 0.0512. The van der Waals surface area contributed by atoms with Gasteiger partial charge in [-0.25, -0.2) is 9.07 Å². The van der Waals surface area contributed by atoms with Gasteiger partial charge in [-0.3, -0.25) is 9.59 Å². The van der Waals surface area contributed by atoms with Crippen LogP contribution in [0.2, 0.25) is 5.02 Å². The Hall–Kier alpha value is -3.46. The summed E-state index contributed by atoms with van der Waals surface area (Å²) < 4.78 is 25.7. The molecule has 3 rings (SSSR count). The molecule has 0 aliphatic heterocycles. The minimum atomic E-state index is -0.703. The van der Waals surface area contributed by atoms with Crippen molar-refractivity contribution < 1.29 is 23.5 Å². The van der Waals surface area contributed by atoms with E-state index in [0.717, 1.165) is 5.56 Å². The van der Waals surface area contributed by atoms with Gasteiger partial charge >= 0.3 is 5.97 Å². The van der Waals surface area contributed by atoms with E-state index in [1.54, 1.807) is 39.0 Å². The second-order valence-corrected chi connectivity index (χ2v) is 8.46. The highest BCUT2D eigenvalue weighted by molar-refractivity contribution is 6.31. The number of aryl methyl sites for hydroxylation is 1. The molecule has 1 heterocycles. The molecule has 0 radical (unpaired) electrons. The Bertz CT molecular complexity index is 1160. The molecular formula is C22H22ClFN4O4. The largest absolute Gasteiger partial charge is 0.454 e. The summed E-state index contributed by atoms with van der Waals surface area (Å²) >= 11 is 5.98. The fourth-order valence-electron chi connectivity index (χ4n) is 2.52. The van der Waals surface area contributed by atoms with E-state index < -0.39 is 29.9 Å². The van der Waals surface area contributed by atoms with Crippen LogP contribution >= 0.6 is 11.6 Å². The van der Waals surface area contributed by atoms with Crippen LogP contribution in [0, 0.1) is 18.2 Å². The first-order valence-electron chi connectivity index (χ1n) is 9.64. The van der Waals surface area contributed by atoms with Crippen LogP contribution in [-0.2, 0) is 9.53 Å². The van der Waals surface area contributed by atoms with Crippen LogP contribution in [0.3, 0.4) is 0 Å². The number of benzene rings is 2. The van der Waals surface area contributed by atoms with Crippen molar-refractivity contribution >= 4 is 29.2 Å². The molecule has 0 fully saturated rings. The molecule has 32 heavy (non-hydrogen) atoms. The highest BCUT2D eigenvalue weighted by Gasteiger charge is 2.23. The first kappa shape index (κ1) is 23.2. The van der Waals surface area contributed by atoms with Crippen LogP contribution < -0.4 is 10.1 Å². The predicted molar refractivity (Wildman–Crippen MR) is 117 cm³/mol. The van der Waals surface area contributed by atoms with Gasteiger partial charge in [0, 0.05) is 16.8 Å². The van der Waals surface area contributed by atoms with Crippen molar-refractivity contribution in [3.05, 3.63) is 64.7 Å². The average Bonchev–Trinajstić information content (AvgIpc) is 3.21. The number of esters is 1. The van der Waals surface area contributed by atoms with E-state index in [0.29, 0.717) is 16.4 Å². The third kappa shape index (κ3) is 5.61. The lowest BCUT2D eigenvalue weighted by molar-refractivity contribution is -0.159. The third-order valence-corrected chi connectivity index (χ3v) is 4.61. The third-order valence-electron chi connectivity index (χ3n) is 4.37. The smallest absolute Gasteiger partial charge is 0.314 e. The molecule has 0 aliphatic carbocycles. The Morgan fingerprint density at radius 2 is 1.94 bits per heavy atom. The molecule has 1 N–H and O–H groups in total. The molecule has 1 amide bonds. The molecule has 8 nitrogen and oxygen atoms in total. The maximum atomic E-state index is 14.1. The van der Waals surface area contributed by atoms with Gasteiger partial charge in [0.05, 0.1) is 17.3 Å². The first-order valence-corrected chi connectivity index (χ1v) is 10.0. The molecule has 0 saturated carbocycles. The van der Waals surface area contributed by atoms with Gasteiger partial charge in [-0.1, -0.05) is 22.9 Å². The Morgan fingerprint density at radius 3 is 2.66 bits per heavy atom. The lowest BCUT2D eigenvalue weighted by atomic mass is 9.98. The number of nitrogens with zero attached hydrogens (tertiary/aromatic N) is 3. The van der Waals surface area contributed by atoms with Crippen LogP contribution in [0.4, 0.5) is 10.1 Å². The summed E-state index contributed by atoms with van der Waals surface area (Å²) in [5.41, 5.74) is 1.14. The number of aromatic nitrogens is 3. The number of carbonyl (C=O) groups excluding carboxylic acids is 2. The van der Waals surface area contributed by atoms with Gasteiger partial charge in [0.25, 0.3) is 5.91 Å². The van der Waals surface area contributed by atoms with E-state index in [-0.39, 0.29) is 11.4 Å². The lowest BCUT2D eigenvalue weighted by Crippen LogP contribution is -2.24. The predicted octanol–water partition coefficient (Wildman–Crippen LogP) is 4.55. The lowest BCUT2D eigenvalue weighted by Gasteiger charge is -2.17. The SMILES string of the molecule is Cc1ccc(Cl)cc1NC(=O)c1cn(-c2ccc(F)c(OCOC(=O)C(C)(C)C)c2)nn1. The molecule has 0 saturated heterocycles. The average molecular weight is 461 g/mol. The summed E-state index contributed by atoms with van der Waals surface area (Å²) in [6.45, 7) is 6.48.